The van der Waals surface area contributed by atoms with Crippen molar-refractivity contribution in [3.05, 3.63) is 45.9 Å². The smallest absolute Gasteiger partial charge is 0.370 e. The summed E-state index contributed by atoms with van der Waals surface area (Å²) in [4.78, 5) is 7.48. The molecule has 9 heteroatoms. The van der Waals surface area contributed by atoms with Crippen LogP contribution in [0.15, 0.2) is 34.6 Å². The molecule has 0 fully saturated rings. The van der Waals surface area contributed by atoms with Crippen molar-refractivity contribution in [2.75, 3.05) is 5.32 Å². The van der Waals surface area contributed by atoms with E-state index >= 15 is 0 Å². The van der Waals surface area contributed by atoms with Gasteiger partial charge >= 0.3 is 6.18 Å². The molecule has 2 rings (SSSR count). The van der Waals surface area contributed by atoms with Gasteiger partial charge in [-0.3, -0.25) is 0 Å². The molecule has 0 saturated carbocycles. The van der Waals surface area contributed by atoms with Gasteiger partial charge in [-0.2, -0.15) is 13.2 Å². The van der Waals surface area contributed by atoms with Gasteiger partial charge in [0, 0.05) is 11.1 Å². The maximum atomic E-state index is 12.4. The Morgan fingerprint density at radius 1 is 1.30 bits per heavy atom. The first-order chi connectivity index (χ1) is 10.4. The Hall–Kier alpha value is -1.36. The van der Waals surface area contributed by atoms with Crippen molar-refractivity contribution in [3.8, 4) is 0 Å². The minimum Gasteiger partial charge on any atom is -0.370 e. The fraction of sp³-hybridized carbons (Fsp3) is 0.286. The highest BCUT2D eigenvalue weighted by Gasteiger charge is 2.33. The Morgan fingerprint density at radius 2 is 1.96 bits per heavy atom. The van der Waals surface area contributed by atoms with E-state index in [-0.39, 0.29) is 41.5 Å². The third-order valence-corrected chi connectivity index (χ3v) is 3.70. The van der Waals surface area contributed by atoms with Crippen LogP contribution in [0.5, 0.6) is 0 Å². The van der Waals surface area contributed by atoms with E-state index in [0.717, 1.165) is 28.8 Å². The van der Waals surface area contributed by atoms with Crippen LogP contribution in [-0.4, -0.2) is 10.9 Å². The second-order valence-corrected chi connectivity index (χ2v) is 5.44. The zero-order valence-electron chi connectivity index (χ0n) is 12.2. The Morgan fingerprint density at radius 3 is 2.48 bits per heavy atom. The SMILES string of the molecule is CCc1ccc(NC(N)=NCc2nc(C(F)(F)F)cs2)cc1.I. The molecular weight excluding hydrogens is 440 g/mol. The molecule has 1 aromatic carbocycles. The third-order valence-electron chi connectivity index (χ3n) is 2.86. The predicted octanol–water partition coefficient (Wildman–Crippen LogP) is 4.27. The molecule has 0 amide bonds. The van der Waals surface area contributed by atoms with Crippen LogP contribution in [0.1, 0.15) is 23.2 Å². The standard InChI is InChI=1S/C14H15F3N4S.HI/c1-2-9-3-5-10(6-4-9)20-13(18)19-7-12-21-11(8-22-12)14(15,16)17;/h3-6,8H,2,7H2,1H3,(H3,18,19,20);1H. The number of nitrogens with one attached hydrogen (secondary N) is 1. The summed E-state index contributed by atoms with van der Waals surface area (Å²) in [7, 11) is 0. The summed E-state index contributed by atoms with van der Waals surface area (Å²) in [5.41, 5.74) is 6.78. The van der Waals surface area contributed by atoms with Gasteiger partial charge in [-0.15, -0.1) is 35.3 Å². The molecule has 0 bridgehead atoms. The Kier molecular flexibility index (Phi) is 7.26. The van der Waals surface area contributed by atoms with Gasteiger partial charge < -0.3 is 11.1 Å². The maximum Gasteiger partial charge on any atom is 0.434 e. The summed E-state index contributed by atoms with van der Waals surface area (Å²) in [5, 5.41) is 4.12. The summed E-state index contributed by atoms with van der Waals surface area (Å²) in [6.45, 7) is 2.06. The molecular formula is C14H16F3IN4S. The molecule has 3 N–H and O–H groups in total. The molecule has 0 aliphatic carbocycles. The Bertz CT molecular complexity index is 653. The quantitative estimate of drug-likeness (QED) is 0.411. The summed E-state index contributed by atoms with van der Waals surface area (Å²) in [6, 6.07) is 7.66. The number of alkyl halides is 3. The molecule has 2 aromatic rings. The lowest BCUT2D eigenvalue weighted by molar-refractivity contribution is -0.140. The van der Waals surface area contributed by atoms with Crippen molar-refractivity contribution >= 4 is 47.0 Å². The van der Waals surface area contributed by atoms with E-state index in [1.807, 2.05) is 24.3 Å². The normalized spacial score (nSPS) is 11.9. The summed E-state index contributed by atoms with van der Waals surface area (Å²) in [5.74, 6) is 0.132. The fourth-order valence-electron chi connectivity index (χ4n) is 1.68. The van der Waals surface area contributed by atoms with E-state index < -0.39 is 11.9 Å². The largest absolute Gasteiger partial charge is 0.434 e. The van der Waals surface area contributed by atoms with Crippen molar-refractivity contribution in [1.82, 2.24) is 4.98 Å². The van der Waals surface area contributed by atoms with Crippen molar-refractivity contribution in [1.29, 1.82) is 0 Å². The number of benzene rings is 1. The summed E-state index contributed by atoms with van der Waals surface area (Å²) >= 11 is 0.908. The lowest BCUT2D eigenvalue weighted by Gasteiger charge is -2.06. The van der Waals surface area contributed by atoms with Gasteiger partial charge in [0.15, 0.2) is 11.7 Å². The average molecular weight is 456 g/mol. The number of halogens is 4. The van der Waals surface area contributed by atoms with Gasteiger partial charge in [0.05, 0.1) is 6.54 Å². The highest BCUT2D eigenvalue weighted by molar-refractivity contribution is 14.0. The van der Waals surface area contributed by atoms with Gasteiger partial charge in [-0.05, 0) is 24.1 Å². The number of rotatable bonds is 4. The fourth-order valence-corrected chi connectivity index (χ4v) is 2.40. The molecule has 0 unspecified atom stereocenters. The van der Waals surface area contributed by atoms with Gasteiger partial charge in [-0.1, -0.05) is 19.1 Å². The average Bonchev–Trinajstić information content (AvgIpc) is 2.95. The van der Waals surface area contributed by atoms with Crippen LogP contribution in [0.3, 0.4) is 0 Å². The molecule has 0 saturated heterocycles. The zero-order chi connectivity index (χ0) is 16.2. The van der Waals surface area contributed by atoms with E-state index in [1.165, 1.54) is 5.56 Å². The minimum absolute atomic E-state index is 0. The molecule has 0 spiro atoms. The van der Waals surface area contributed by atoms with Crippen LogP contribution in [-0.2, 0) is 19.1 Å². The molecule has 0 atom stereocenters. The Labute approximate surface area is 153 Å². The molecule has 1 aromatic heterocycles. The number of anilines is 1. The van der Waals surface area contributed by atoms with E-state index in [1.54, 1.807) is 0 Å². The first kappa shape index (κ1) is 19.7. The van der Waals surface area contributed by atoms with Crippen molar-refractivity contribution in [3.63, 3.8) is 0 Å². The van der Waals surface area contributed by atoms with Crippen LogP contribution in [0.4, 0.5) is 18.9 Å². The van der Waals surface area contributed by atoms with Crippen LogP contribution >= 0.6 is 35.3 Å². The molecule has 0 aliphatic rings. The second-order valence-electron chi connectivity index (χ2n) is 4.50. The lowest BCUT2D eigenvalue weighted by atomic mass is 10.1. The first-order valence-electron chi connectivity index (χ1n) is 6.56. The lowest BCUT2D eigenvalue weighted by Crippen LogP contribution is -2.22. The number of thiazole rings is 1. The van der Waals surface area contributed by atoms with Gasteiger partial charge in [-0.25, -0.2) is 9.98 Å². The minimum atomic E-state index is -4.43. The Balaban J connectivity index is 0.00000264. The number of hydrogen-bond donors (Lipinski definition) is 2. The van der Waals surface area contributed by atoms with Gasteiger partial charge in [0.1, 0.15) is 5.01 Å². The number of nitrogens with zero attached hydrogens (tertiary/aromatic N) is 2. The topological polar surface area (TPSA) is 63.3 Å². The van der Waals surface area contributed by atoms with E-state index in [4.69, 9.17) is 5.73 Å². The number of hydrogen-bond acceptors (Lipinski definition) is 3. The number of aryl methyl sites for hydroxylation is 1. The van der Waals surface area contributed by atoms with E-state index in [9.17, 15) is 13.2 Å². The second kappa shape index (κ2) is 8.48. The number of aliphatic imine (C=N–C) groups is 1. The number of nitrogens with two attached hydrogens (primary N) is 1. The van der Waals surface area contributed by atoms with Gasteiger partial charge in [0.25, 0.3) is 0 Å². The van der Waals surface area contributed by atoms with Crippen molar-refractivity contribution in [2.45, 2.75) is 26.1 Å². The van der Waals surface area contributed by atoms with E-state index in [0.29, 0.717) is 0 Å². The number of aromatic nitrogens is 1. The van der Waals surface area contributed by atoms with Crippen molar-refractivity contribution in [2.24, 2.45) is 10.7 Å². The van der Waals surface area contributed by atoms with E-state index in [2.05, 4.69) is 22.2 Å². The summed E-state index contributed by atoms with van der Waals surface area (Å²) in [6.07, 6.45) is -3.49. The monoisotopic (exact) mass is 456 g/mol. The highest BCUT2D eigenvalue weighted by atomic mass is 127. The molecule has 126 valence electrons. The molecule has 0 aliphatic heterocycles. The maximum absolute atomic E-state index is 12.4. The first-order valence-corrected chi connectivity index (χ1v) is 7.44. The highest BCUT2D eigenvalue weighted by Crippen LogP contribution is 2.30. The molecule has 23 heavy (non-hydrogen) atoms. The van der Waals surface area contributed by atoms with Gasteiger partial charge in [0.2, 0.25) is 0 Å². The van der Waals surface area contributed by atoms with Crippen LogP contribution in [0.25, 0.3) is 0 Å². The molecule has 0 radical (unpaired) electrons. The number of guanidine groups is 1. The van der Waals surface area contributed by atoms with Crippen LogP contribution in [0, 0.1) is 0 Å². The summed E-state index contributed by atoms with van der Waals surface area (Å²) < 4.78 is 37.3. The zero-order valence-corrected chi connectivity index (χ0v) is 15.4. The predicted molar refractivity (Wildman–Crippen MR) is 97.3 cm³/mol. The van der Waals surface area contributed by atoms with Crippen molar-refractivity contribution < 1.29 is 13.2 Å². The third kappa shape index (κ3) is 5.98. The van der Waals surface area contributed by atoms with Crippen LogP contribution in [0.2, 0.25) is 0 Å². The molecule has 1 heterocycles. The molecule has 4 nitrogen and oxygen atoms in total. The van der Waals surface area contributed by atoms with Crippen LogP contribution < -0.4 is 11.1 Å².